The van der Waals surface area contributed by atoms with Gasteiger partial charge in [0, 0.05) is 29.4 Å². The molecule has 0 saturated carbocycles. The summed E-state index contributed by atoms with van der Waals surface area (Å²) in [5, 5.41) is 5.31. The van der Waals surface area contributed by atoms with Gasteiger partial charge in [-0.3, -0.25) is 9.59 Å². The lowest BCUT2D eigenvalue weighted by Gasteiger charge is -2.40. The Morgan fingerprint density at radius 3 is 2.27 bits per heavy atom. The molecule has 1 fully saturated rings. The molecular weight excluding hydrogens is 438 g/mol. The fourth-order valence-electron chi connectivity index (χ4n) is 4.73. The van der Waals surface area contributed by atoms with Crippen LogP contribution in [-0.4, -0.2) is 46.8 Å². The zero-order valence-corrected chi connectivity index (χ0v) is 19.9. The molecule has 0 atom stereocenters. The Balaban J connectivity index is 1.50. The quantitative estimate of drug-likeness (QED) is 0.523. The molecule has 0 aliphatic carbocycles. The molecule has 33 heavy (non-hydrogen) atoms. The number of methoxy groups -OCH3 is 1. The van der Waals surface area contributed by atoms with Gasteiger partial charge in [-0.05, 0) is 56.5 Å². The number of hydrogen-bond donors (Lipinski definition) is 0. The van der Waals surface area contributed by atoms with Crippen molar-refractivity contribution in [1.29, 1.82) is 0 Å². The minimum absolute atomic E-state index is 0.0448. The monoisotopic (exact) mass is 465 g/mol. The second-order valence-corrected chi connectivity index (χ2v) is 8.97. The summed E-state index contributed by atoms with van der Waals surface area (Å²) in [5.74, 6) is -0.194. The highest BCUT2D eigenvalue weighted by atomic mass is 35.5. The van der Waals surface area contributed by atoms with Crippen LogP contribution in [0, 0.1) is 13.8 Å². The van der Waals surface area contributed by atoms with E-state index in [0.29, 0.717) is 31.0 Å². The van der Waals surface area contributed by atoms with Crippen LogP contribution in [0.15, 0.2) is 54.6 Å². The lowest BCUT2D eigenvalue weighted by Crippen LogP contribution is -2.49. The molecule has 1 aromatic heterocycles. The van der Waals surface area contributed by atoms with Crippen molar-refractivity contribution in [3.05, 3.63) is 82.1 Å². The number of esters is 1. The van der Waals surface area contributed by atoms with Crippen LogP contribution in [0.2, 0.25) is 5.02 Å². The first kappa shape index (κ1) is 23.1. The molecule has 0 unspecified atom stereocenters. The highest BCUT2D eigenvalue weighted by molar-refractivity contribution is 6.30. The molecule has 0 spiro atoms. The average molecular weight is 466 g/mol. The Labute approximate surface area is 199 Å². The standard InChI is InChI=1S/C26H28ClN3O3/c1-18-23(19(2)30(28-18)22-11-9-21(27)10-12-22)17-24(31)29-15-13-26(14-16-29,25(32)33-3)20-7-5-4-6-8-20/h4-12H,13-17H2,1-3H3. The maximum Gasteiger partial charge on any atom is 0.316 e. The highest BCUT2D eigenvalue weighted by Gasteiger charge is 2.44. The minimum atomic E-state index is -0.710. The first-order valence-electron chi connectivity index (χ1n) is 11.1. The van der Waals surface area contributed by atoms with E-state index in [4.69, 9.17) is 16.3 Å². The maximum absolute atomic E-state index is 13.2. The molecule has 7 heteroatoms. The van der Waals surface area contributed by atoms with Gasteiger partial charge in [-0.25, -0.2) is 4.68 Å². The second kappa shape index (κ2) is 9.40. The number of benzene rings is 2. The minimum Gasteiger partial charge on any atom is -0.468 e. The Kier molecular flexibility index (Phi) is 6.56. The van der Waals surface area contributed by atoms with E-state index in [-0.39, 0.29) is 18.3 Å². The number of piperidine rings is 1. The normalized spacial score (nSPS) is 15.3. The van der Waals surface area contributed by atoms with Crippen LogP contribution in [0.1, 0.15) is 35.4 Å². The summed E-state index contributed by atoms with van der Waals surface area (Å²) < 4.78 is 7.01. The molecule has 1 amide bonds. The van der Waals surface area contributed by atoms with Gasteiger partial charge in [-0.15, -0.1) is 0 Å². The van der Waals surface area contributed by atoms with Crippen molar-refractivity contribution in [2.45, 2.75) is 38.5 Å². The van der Waals surface area contributed by atoms with Gasteiger partial charge >= 0.3 is 5.97 Å². The molecule has 6 nitrogen and oxygen atoms in total. The summed E-state index contributed by atoms with van der Waals surface area (Å²) in [4.78, 5) is 27.8. The fraction of sp³-hybridized carbons (Fsp3) is 0.346. The summed E-state index contributed by atoms with van der Waals surface area (Å²) in [5.41, 5.74) is 3.84. The number of nitrogens with zero attached hydrogens (tertiary/aromatic N) is 3. The third-order valence-corrected chi connectivity index (χ3v) is 6.96. The molecule has 172 valence electrons. The Morgan fingerprint density at radius 1 is 1.03 bits per heavy atom. The van der Waals surface area contributed by atoms with Gasteiger partial charge < -0.3 is 9.64 Å². The molecule has 3 aromatic rings. The van der Waals surface area contributed by atoms with E-state index in [9.17, 15) is 9.59 Å². The zero-order valence-electron chi connectivity index (χ0n) is 19.2. The summed E-state index contributed by atoms with van der Waals surface area (Å²) in [7, 11) is 1.43. The molecule has 0 N–H and O–H groups in total. The van der Waals surface area contributed by atoms with Crippen molar-refractivity contribution in [1.82, 2.24) is 14.7 Å². The average Bonchev–Trinajstić information content (AvgIpc) is 3.12. The number of likely N-dealkylation sites (tertiary alicyclic amines) is 1. The van der Waals surface area contributed by atoms with Crippen LogP contribution in [0.5, 0.6) is 0 Å². The number of carbonyl (C=O) groups excluding carboxylic acids is 2. The van der Waals surface area contributed by atoms with Gasteiger partial charge in [-0.1, -0.05) is 41.9 Å². The molecule has 1 saturated heterocycles. The molecular formula is C26H28ClN3O3. The van der Waals surface area contributed by atoms with Gasteiger partial charge in [0.15, 0.2) is 0 Å². The van der Waals surface area contributed by atoms with Crippen molar-refractivity contribution in [3.63, 3.8) is 0 Å². The first-order valence-corrected chi connectivity index (χ1v) is 11.5. The number of rotatable bonds is 5. The molecule has 2 heterocycles. The fourth-order valence-corrected chi connectivity index (χ4v) is 4.85. The Morgan fingerprint density at radius 2 is 1.67 bits per heavy atom. The number of amides is 1. The Hall–Kier alpha value is -3.12. The zero-order chi connectivity index (χ0) is 23.6. The number of aromatic nitrogens is 2. The van der Waals surface area contributed by atoms with Crippen molar-refractivity contribution >= 4 is 23.5 Å². The van der Waals surface area contributed by atoms with Gasteiger partial charge in [0.1, 0.15) is 0 Å². The lowest BCUT2D eigenvalue weighted by molar-refractivity contribution is -0.151. The number of halogens is 1. The lowest BCUT2D eigenvalue weighted by atomic mass is 9.72. The maximum atomic E-state index is 13.2. The van der Waals surface area contributed by atoms with Gasteiger partial charge in [-0.2, -0.15) is 5.10 Å². The first-order chi connectivity index (χ1) is 15.9. The van der Waals surface area contributed by atoms with Crippen molar-refractivity contribution < 1.29 is 14.3 Å². The summed E-state index contributed by atoms with van der Waals surface area (Å²) >= 11 is 6.01. The van der Waals surface area contributed by atoms with E-state index in [2.05, 4.69) is 5.10 Å². The summed E-state index contributed by atoms with van der Waals surface area (Å²) in [6.45, 7) is 4.92. The third kappa shape index (κ3) is 4.40. The van der Waals surface area contributed by atoms with E-state index in [0.717, 1.165) is 28.2 Å². The van der Waals surface area contributed by atoms with E-state index >= 15 is 0 Å². The highest BCUT2D eigenvalue weighted by Crippen LogP contribution is 2.37. The molecule has 4 rings (SSSR count). The van der Waals surface area contributed by atoms with Crippen LogP contribution in [-0.2, 0) is 26.2 Å². The largest absolute Gasteiger partial charge is 0.468 e. The molecule has 0 radical (unpaired) electrons. The molecule has 1 aliphatic heterocycles. The molecule has 1 aliphatic rings. The van der Waals surface area contributed by atoms with Crippen molar-refractivity contribution in [2.75, 3.05) is 20.2 Å². The van der Waals surface area contributed by atoms with Crippen LogP contribution in [0.25, 0.3) is 5.69 Å². The number of carbonyl (C=O) groups is 2. The van der Waals surface area contributed by atoms with Crippen LogP contribution in [0.4, 0.5) is 0 Å². The predicted molar refractivity (Wildman–Crippen MR) is 128 cm³/mol. The summed E-state index contributed by atoms with van der Waals surface area (Å²) in [6.07, 6.45) is 1.36. The number of ether oxygens (including phenoxy) is 1. The molecule has 0 bridgehead atoms. The third-order valence-electron chi connectivity index (χ3n) is 6.71. The SMILES string of the molecule is COC(=O)C1(c2ccccc2)CCN(C(=O)Cc2c(C)nn(-c3ccc(Cl)cc3)c2C)CC1. The Bertz CT molecular complexity index is 1150. The smallest absolute Gasteiger partial charge is 0.316 e. The van der Waals surface area contributed by atoms with E-state index in [1.165, 1.54) is 7.11 Å². The predicted octanol–water partition coefficient (Wildman–Crippen LogP) is 4.42. The number of aryl methyl sites for hydroxylation is 1. The van der Waals surface area contributed by atoms with Gasteiger partial charge in [0.2, 0.25) is 5.91 Å². The van der Waals surface area contributed by atoms with Crippen LogP contribution < -0.4 is 0 Å². The van der Waals surface area contributed by atoms with Crippen molar-refractivity contribution in [3.8, 4) is 5.69 Å². The van der Waals surface area contributed by atoms with Crippen LogP contribution in [0.3, 0.4) is 0 Å². The second-order valence-electron chi connectivity index (χ2n) is 8.53. The summed E-state index contributed by atoms with van der Waals surface area (Å²) in [6, 6.07) is 17.2. The van der Waals surface area contributed by atoms with Gasteiger partial charge in [0.25, 0.3) is 0 Å². The van der Waals surface area contributed by atoms with E-state index < -0.39 is 5.41 Å². The van der Waals surface area contributed by atoms with E-state index in [1.54, 1.807) is 0 Å². The topological polar surface area (TPSA) is 64.4 Å². The van der Waals surface area contributed by atoms with Crippen LogP contribution >= 0.6 is 11.6 Å². The van der Waals surface area contributed by atoms with Gasteiger partial charge in [0.05, 0.1) is 30.3 Å². The number of hydrogen-bond acceptors (Lipinski definition) is 4. The van der Waals surface area contributed by atoms with Crippen molar-refractivity contribution in [2.24, 2.45) is 0 Å². The molecule has 2 aromatic carbocycles. The van der Waals surface area contributed by atoms with E-state index in [1.807, 2.05) is 78.0 Å².